The lowest BCUT2D eigenvalue weighted by atomic mass is 9.81. The molecule has 2 heteroatoms. The summed E-state index contributed by atoms with van der Waals surface area (Å²) >= 11 is 0. The summed E-state index contributed by atoms with van der Waals surface area (Å²) in [6.07, 6.45) is 0.980. The van der Waals surface area contributed by atoms with Crippen molar-refractivity contribution in [2.24, 2.45) is 11.1 Å². The molecule has 14 heavy (non-hydrogen) atoms. The molecule has 0 aromatic carbocycles. The third-order valence-corrected chi connectivity index (χ3v) is 2.04. The monoisotopic (exact) mass is 201 g/mol. The van der Waals surface area contributed by atoms with E-state index < -0.39 is 0 Å². The zero-order valence-electron chi connectivity index (χ0n) is 10.9. The maximum Gasteiger partial charge on any atom is 0.0639 e. The van der Waals surface area contributed by atoms with E-state index in [4.69, 9.17) is 10.5 Å². The third-order valence-electron chi connectivity index (χ3n) is 2.04. The fraction of sp³-hybridized carbons (Fsp3) is 1.00. The van der Waals surface area contributed by atoms with Crippen LogP contribution in [0.25, 0.3) is 0 Å². The van der Waals surface area contributed by atoms with E-state index in [0.29, 0.717) is 6.54 Å². The average molecular weight is 201 g/mol. The first kappa shape index (κ1) is 13.9. The summed E-state index contributed by atoms with van der Waals surface area (Å²) in [5.41, 5.74) is 5.67. The maximum absolute atomic E-state index is 6.01. The lowest BCUT2D eigenvalue weighted by Crippen LogP contribution is -2.40. The first-order valence-corrected chi connectivity index (χ1v) is 5.38. The van der Waals surface area contributed by atoms with Crippen molar-refractivity contribution in [3.05, 3.63) is 0 Å². The van der Waals surface area contributed by atoms with Gasteiger partial charge in [-0.3, -0.25) is 0 Å². The summed E-state index contributed by atoms with van der Waals surface area (Å²) in [6, 6.07) is 0. The van der Waals surface area contributed by atoms with Gasteiger partial charge in [-0.2, -0.15) is 0 Å². The molecule has 0 atom stereocenters. The summed E-state index contributed by atoms with van der Waals surface area (Å²) in [5, 5.41) is 0. The Hall–Kier alpha value is -0.0800. The molecule has 0 aliphatic rings. The normalized spacial score (nSPS) is 14.6. The van der Waals surface area contributed by atoms with E-state index in [2.05, 4.69) is 48.5 Å². The Bertz CT molecular complexity index is 177. The Morgan fingerprint density at radius 3 is 1.64 bits per heavy atom. The SMILES string of the molecule is CC(C)(CN)CC(C)(C)OC(C)(C)C. The van der Waals surface area contributed by atoms with Crippen LogP contribution in [0.15, 0.2) is 0 Å². The van der Waals surface area contributed by atoms with Crippen molar-refractivity contribution in [1.29, 1.82) is 0 Å². The van der Waals surface area contributed by atoms with Gasteiger partial charge in [-0.25, -0.2) is 0 Å². The van der Waals surface area contributed by atoms with Crippen LogP contribution in [0.4, 0.5) is 0 Å². The molecule has 0 bridgehead atoms. The largest absolute Gasteiger partial charge is 0.370 e. The van der Waals surface area contributed by atoms with Crippen LogP contribution in [0.5, 0.6) is 0 Å². The number of ether oxygens (including phenoxy) is 1. The molecule has 2 nitrogen and oxygen atoms in total. The van der Waals surface area contributed by atoms with Gasteiger partial charge in [0.1, 0.15) is 0 Å². The van der Waals surface area contributed by atoms with Gasteiger partial charge in [0.25, 0.3) is 0 Å². The molecule has 0 aromatic heterocycles. The van der Waals surface area contributed by atoms with Crippen LogP contribution in [0.2, 0.25) is 0 Å². The Morgan fingerprint density at radius 1 is 0.929 bits per heavy atom. The van der Waals surface area contributed by atoms with Gasteiger partial charge in [-0.05, 0) is 53.0 Å². The van der Waals surface area contributed by atoms with Crippen molar-refractivity contribution in [3.63, 3.8) is 0 Å². The van der Waals surface area contributed by atoms with Crippen LogP contribution in [-0.4, -0.2) is 17.7 Å². The molecule has 0 aliphatic heterocycles. The molecule has 0 spiro atoms. The summed E-state index contributed by atoms with van der Waals surface area (Å²) in [4.78, 5) is 0. The van der Waals surface area contributed by atoms with Crippen LogP contribution in [0.1, 0.15) is 54.9 Å². The van der Waals surface area contributed by atoms with Crippen LogP contribution >= 0.6 is 0 Å². The predicted molar refractivity (Wildman–Crippen MR) is 62.4 cm³/mol. The van der Waals surface area contributed by atoms with Crippen molar-refractivity contribution in [1.82, 2.24) is 0 Å². The number of rotatable bonds is 4. The molecule has 0 radical (unpaired) electrons. The van der Waals surface area contributed by atoms with Gasteiger partial charge in [0.2, 0.25) is 0 Å². The molecule has 0 heterocycles. The van der Waals surface area contributed by atoms with Crippen LogP contribution in [0, 0.1) is 5.41 Å². The van der Waals surface area contributed by atoms with Crippen molar-refractivity contribution in [2.75, 3.05) is 6.54 Å². The minimum absolute atomic E-state index is 0.0891. The lowest BCUT2D eigenvalue weighted by Gasteiger charge is -2.39. The van der Waals surface area contributed by atoms with E-state index in [0.717, 1.165) is 6.42 Å². The zero-order valence-corrected chi connectivity index (χ0v) is 10.9. The molecule has 2 N–H and O–H groups in total. The van der Waals surface area contributed by atoms with Crippen molar-refractivity contribution < 1.29 is 4.74 Å². The van der Waals surface area contributed by atoms with Crippen LogP contribution < -0.4 is 5.73 Å². The quantitative estimate of drug-likeness (QED) is 0.759. The summed E-state index contributed by atoms with van der Waals surface area (Å²) in [6.45, 7) is 15.6. The molecule has 0 fully saturated rings. The van der Waals surface area contributed by atoms with Crippen molar-refractivity contribution in [2.45, 2.75) is 66.1 Å². The molecular weight excluding hydrogens is 174 g/mol. The highest BCUT2D eigenvalue weighted by Crippen LogP contribution is 2.32. The second kappa shape index (κ2) is 4.19. The van der Waals surface area contributed by atoms with E-state index in [9.17, 15) is 0 Å². The summed E-state index contributed by atoms with van der Waals surface area (Å²) in [5.74, 6) is 0. The van der Waals surface area contributed by atoms with Gasteiger partial charge < -0.3 is 10.5 Å². The van der Waals surface area contributed by atoms with Crippen LogP contribution in [0.3, 0.4) is 0 Å². The van der Waals surface area contributed by atoms with E-state index in [1.165, 1.54) is 0 Å². The van der Waals surface area contributed by atoms with Crippen molar-refractivity contribution in [3.8, 4) is 0 Å². The molecule has 0 rings (SSSR count). The minimum Gasteiger partial charge on any atom is -0.370 e. The van der Waals surface area contributed by atoms with E-state index in [-0.39, 0.29) is 16.6 Å². The molecule has 0 aliphatic carbocycles. The number of hydrogen-bond acceptors (Lipinski definition) is 2. The van der Waals surface area contributed by atoms with Crippen molar-refractivity contribution >= 4 is 0 Å². The van der Waals surface area contributed by atoms with E-state index >= 15 is 0 Å². The second-order valence-electron chi connectivity index (χ2n) is 6.52. The maximum atomic E-state index is 6.01. The first-order chi connectivity index (χ1) is 5.97. The Labute approximate surface area is 89.2 Å². The smallest absolute Gasteiger partial charge is 0.0639 e. The second-order valence-corrected chi connectivity index (χ2v) is 6.52. The Kier molecular flexibility index (Phi) is 4.17. The van der Waals surface area contributed by atoms with Gasteiger partial charge in [0.05, 0.1) is 11.2 Å². The first-order valence-electron chi connectivity index (χ1n) is 5.38. The van der Waals surface area contributed by atoms with Gasteiger partial charge in [0.15, 0.2) is 0 Å². The van der Waals surface area contributed by atoms with E-state index in [1.807, 2.05) is 0 Å². The Morgan fingerprint density at radius 2 is 1.36 bits per heavy atom. The Balaban J connectivity index is 4.35. The van der Waals surface area contributed by atoms with Gasteiger partial charge >= 0.3 is 0 Å². The highest BCUT2D eigenvalue weighted by atomic mass is 16.5. The molecule has 0 saturated carbocycles. The van der Waals surface area contributed by atoms with E-state index in [1.54, 1.807) is 0 Å². The highest BCUT2D eigenvalue weighted by molar-refractivity contribution is 4.82. The highest BCUT2D eigenvalue weighted by Gasteiger charge is 2.31. The molecule has 0 saturated heterocycles. The van der Waals surface area contributed by atoms with Gasteiger partial charge in [-0.15, -0.1) is 0 Å². The predicted octanol–water partition coefficient (Wildman–Crippen LogP) is 2.96. The number of nitrogens with two attached hydrogens (primary N) is 1. The molecular formula is C12H27NO. The summed E-state index contributed by atoms with van der Waals surface area (Å²) < 4.78 is 6.01. The van der Waals surface area contributed by atoms with Gasteiger partial charge in [-0.1, -0.05) is 13.8 Å². The average Bonchev–Trinajstić information content (AvgIpc) is 1.78. The van der Waals surface area contributed by atoms with Crippen LogP contribution in [-0.2, 0) is 4.74 Å². The molecule has 0 unspecified atom stereocenters. The fourth-order valence-electron chi connectivity index (χ4n) is 2.09. The topological polar surface area (TPSA) is 35.2 Å². The van der Waals surface area contributed by atoms with Gasteiger partial charge in [0, 0.05) is 0 Å². The standard InChI is InChI=1S/C12H27NO/c1-10(2,3)14-12(6,7)8-11(4,5)9-13/h8-9,13H2,1-7H3. The zero-order chi connectivity index (χ0) is 11.6. The minimum atomic E-state index is -0.110. The lowest BCUT2D eigenvalue weighted by molar-refractivity contribution is -0.128. The molecule has 0 aromatic rings. The molecule has 0 amide bonds. The fourth-order valence-corrected chi connectivity index (χ4v) is 2.09. The third kappa shape index (κ3) is 6.39. The number of hydrogen-bond donors (Lipinski definition) is 1. The molecule has 86 valence electrons. The summed E-state index contributed by atoms with van der Waals surface area (Å²) in [7, 11) is 0.